The molecule has 3 N–H and O–H groups in total. The molecule has 0 bridgehead atoms. The Hall–Kier alpha value is -2.88. The minimum absolute atomic E-state index is 0.0972. The number of aliphatic hydroxyl groups excluding tert-OH is 2. The second kappa shape index (κ2) is 11.3. The third-order valence-electron chi connectivity index (χ3n) is 5.47. The first-order valence-corrected chi connectivity index (χ1v) is 11.2. The maximum Gasteiger partial charge on any atom is 0.251 e. The van der Waals surface area contributed by atoms with Crippen molar-refractivity contribution >= 4 is 29.2 Å². The minimum Gasteiger partial charge on any atom is -0.458 e. The van der Waals surface area contributed by atoms with Crippen LogP contribution in [0.25, 0.3) is 0 Å². The van der Waals surface area contributed by atoms with Gasteiger partial charge in [0.05, 0.1) is 30.8 Å². The van der Waals surface area contributed by atoms with Gasteiger partial charge in [0.25, 0.3) is 5.91 Å². The molecule has 1 aliphatic heterocycles. The fourth-order valence-corrected chi connectivity index (χ4v) is 3.62. The van der Waals surface area contributed by atoms with Gasteiger partial charge in [-0.15, -0.1) is 0 Å². The van der Waals surface area contributed by atoms with E-state index in [9.17, 15) is 14.7 Å². The number of hydrogen-bond acceptors (Lipinski definition) is 6. The molecule has 10 heteroatoms. The highest BCUT2D eigenvalue weighted by Gasteiger charge is 2.35. The quantitative estimate of drug-likeness (QED) is 0.458. The molecule has 1 aliphatic rings. The Morgan fingerprint density at radius 1 is 1.33 bits per heavy atom. The van der Waals surface area contributed by atoms with Gasteiger partial charge in [0.1, 0.15) is 17.6 Å². The van der Waals surface area contributed by atoms with E-state index in [1.165, 1.54) is 15.7 Å². The van der Waals surface area contributed by atoms with E-state index in [4.69, 9.17) is 21.4 Å². The highest BCUT2D eigenvalue weighted by molar-refractivity contribution is 6.32. The largest absolute Gasteiger partial charge is 0.458 e. The Labute approximate surface area is 197 Å². The zero-order chi connectivity index (χ0) is 24.0. The van der Waals surface area contributed by atoms with Crippen molar-refractivity contribution in [3.05, 3.63) is 53.4 Å². The predicted molar refractivity (Wildman–Crippen MR) is 124 cm³/mol. The number of halogens is 1. The number of aromatic nitrogens is 2. The topological polar surface area (TPSA) is 117 Å². The molecule has 33 heavy (non-hydrogen) atoms. The van der Waals surface area contributed by atoms with E-state index >= 15 is 0 Å². The Kier molecular flexibility index (Phi) is 8.49. The Balaban J connectivity index is 1.71. The molecule has 2 aromatic rings. The number of carbonyl (C=O) groups is 2. The van der Waals surface area contributed by atoms with Crippen LogP contribution in [0.1, 0.15) is 26.7 Å². The number of rotatable bonds is 11. The van der Waals surface area contributed by atoms with Gasteiger partial charge >= 0.3 is 0 Å². The van der Waals surface area contributed by atoms with Crippen molar-refractivity contribution in [1.29, 1.82) is 0 Å². The van der Waals surface area contributed by atoms with E-state index in [0.29, 0.717) is 28.8 Å². The van der Waals surface area contributed by atoms with Crippen LogP contribution in [-0.2, 0) is 16.1 Å². The van der Waals surface area contributed by atoms with Crippen LogP contribution in [0.5, 0.6) is 5.75 Å². The number of para-hydroxylation sites is 1. The van der Waals surface area contributed by atoms with E-state index in [0.717, 1.165) is 6.42 Å². The molecular weight excluding hydrogens is 448 g/mol. The summed E-state index contributed by atoms with van der Waals surface area (Å²) in [6, 6.07) is 7.86. The molecule has 0 radical (unpaired) electrons. The zero-order valence-corrected chi connectivity index (χ0v) is 19.4. The first-order valence-electron chi connectivity index (χ1n) is 10.9. The van der Waals surface area contributed by atoms with Crippen LogP contribution >= 0.6 is 11.6 Å². The van der Waals surface area contributed by atoms with Crippen LogP contribution in [0.4, 0.5) is 5.82 Å². The van der Waals surface area contributed by atoms with Crippen LogP contribution in [0.3, 0.4) is 0 Å². The number of anilines is 1. The van der Waals surface area contributed by atoms with E-state index in [1.807, 2.05) is 13.8 Å². The number of ether oxygens (including phenoxy) is 1. The summed E-state index contributed by atoms with van der Waals surface area (Å²) in [5.74, 6) is 0.697. The van der Waals surface area contributed by atoms with Crippen molar-refractivity contribution in [3.63, 3.8) is 0 Å². The lowest BCUT2D eigenvalue weighted by Crippen LogP contribution is -2.46. The van der Waals surface area contributed by atoms with Crippen LogP contribution in [-0.4, -0.2) is 62.0 Å². The molecule has 0 saturated carbocycles. The number of hydrogen-bond donors (Lipinski definition) is 3. The van der Waals surface area contributed by atoms with E-state index in [-0.39, 0.29) is 37.4 Å². The zero-order valence-electron chi connectivity index (χ0n) is 18.6. The average molecular weight is 477 g/mol. The summed E-state index contributed by atoms with van der Waals surface area (Å²) in [5, 5.41) is 25.9. The van der Waals surface area contributed by atoms with Crippen molar-refractivity contribution in [2.45, 2.75) is 45.4 Å². The lowest BCUT2D eigenvalue weighted by molar-refractivity contribution is -0.134. The molecule has 0 aliphatic carbocycles. The Morgan fingerprint density at radius 3 is 2.79 bits per heavy atom. The third kappa shape index (κ3) is 6.56. The smallest absolute Gasteiger partial charge is 0.251 e. The number of nitrogens with zero attached hydrogens (tertiary/aromatic N) is 3. The predicted octanol–water partition coefficient (Wildman–Crippen LogP) is 2.44. The number of nitrogens with one attached hydrogen (secondary N) is 1. The van der Waals surface area contributed by atoms with Crippen molar-refractivity contribution < 1.29 is 24.5 Å². The summed E-state index contributed by atoms with van der Waals surface area (Å²) in [7, 11) is 0. The summed E-state index contributed by atoms with van der Waals surface area (Å²) >= 11 is 6.16. The van der Waals surface area contributed by atoms with Gasteiger partial charge in [0.15, 0.2) is 5.82 Å². The Morgan fingerprint density at radius 2 is 2.09 bits per heavy atom. The van der Waals surface area contributed by atoms with Gasteiger partial charge in [-0.25, -0.2) is 0 Å². The number of amides is 2. The standard InChI is InChI=1S/C23H29ClN4O5/c1-3-15(2)10-19(23(32)25-21-8-9-27(26-21)12-16(30)14-29)28-13-17(11-22(28)31)33-20-7-5-4-6-18(20)24/h4-9,11,15-16,19,29-30H,3,10,12-14H2,1-2H3,(H,25,26,32)/t15-,16-,19-/m1/s1. The van der Waals surface area contributed by atoms with Crippen molar-refractivity contribution in [1.82, 2.24) is 14.7 Å². The van der Waals surface area contributed by atoms with Gasteiger partial charge in [-0.3, -0.25) is 14.3 Å². The normalized spacial score (nSPS) is 16.3. The molecule has 1 aromatic carbocycles. The van der Waals surface area contributed by atoms with Gasteiger partial charge < -0.3 is 25.2 Å². The van der Waals surface area contributed by atoms with Gasteiger partial charge in [-0.05, 0) is 24.5 Å². The fourth-order valence-electron chi connectivity index (χ4n) is 3.44. The maximum atomic E-state index is 13.2. The molecule has 0 saturated heterocycles. The Bertz CT molecular complexity index is 1010. The summed E-state index contributed by atoms with van der Waals surface area (Å²) in [4.78, 5) is 27.4. The molecule has 178 valence electrons. The monoisotopic (exact) mass is 476 g/mol. The number of carbonyl (C=O) groups excluding carboxylic acids is 2. The van der Waals surface area contributed by atoms with E-state index in [2.05, 4.69) is 10.4 Å². The molecule has 9 nitrogen and oxygen atoms in total. The lowest BCUT2D eigenvalue weighted by Gasteiger charge is -2.28. The molecule has 3 atom stereocenters. The summed E-state index contributed by atoms with van der Waals surface area (Å²) in [6.07, 6.45) is 3.36. The van der Waals surface area contributed by atoms with E-state index in [1.54, 1.807) is 36.5 Å². The molecule has 2 heterocycles. The molecule has 0 unspecified atom stereocenters. The molecule has 0 spiro atoms. The van der Waals surface area contributed by atoms with Crippen LogP contribution in [0, 0.1) is 5.92 Å². The second-order valence-corrected chi connectivity index (χ2v) is 8.53. The highest BCUT2D eigenvalue weighted by atomic mass is 35.5. The fraction of sp³-hybridized carbons (Fsp3) is 0.435. The lowest BCUT2D eigenvalue weighted by atomic mass is 9.97. The third-order valence-corrected chi connectivity index (χ3v) is 5.79. The van der Waals surface area contributed by atoms with Crippen LogP contribution in [0.15, 0.2) is 48.4 Å². The molecular formula is C23H29ClN4O5. The highest BCUT2D eigenvalue weighted by Crippen LogP contribution is 2.28. The summed E-state index contributed by atoms with van der Waals surface area (Å²) < 4.78 is 7.24. The molecule has 1 aromatic heterocycles. The van der Waals surface area contributed by atoms with Crippen LogP contribution in [0.2, 0.25) is 5.02 Å². The van der Waals surface area contributed by atoms with Gasteiger partial charge in [-0.1, -0.05) is 44.0 Å². The van der Waals surface area contributed by atoms with E-state index < -0.39 is 12.1 Å². The summed E-state index contributed by atoms with van der Waals surface area (Å²) in [5.41, 5.74) is 0. The van der Waals surface area contributed by atoms with Crippen molar-refractivity contribution in [2.75, 3.05) is 18.5 Å². The van der Waals surface area contributed by atoms with Crippen molar-refractivity contribution in [2.24, 2.45) is 5.92 Å². The molecule has 3 rings (SSSR count). The van der Waals surface area contributed by atoms with Gasteiger partial charge in [-0.2, -0.15) is 5.10 Å². The molecule has 0 fully saturated rings. The maximum absolute atomic E-state index is 13.2. The number of benzene rings is 1. The van der Waals surface area contributed by atoms with Crippen molar-refractivity contribution in [3.8, 4) is 5.75 Å². The molecule has 2 amide bonds. The second-order valence-electron chi connectivity index (χ2n) is 8.12. The SMILES string of the molecule is CC[C@@H](C)C[C@H](C(=O)Nc1ccn(C[C@@H](O)CO)n1)N1CC(Oc2ccccc2Cl)=CC1=O. The first kappa shape index (κ1) is 24.8. The van der Waals surface area contributed by atoms with Gasteiger partial charge in [0.2, 0.25) is 5.91 Å². The number of aliphatic hydroxyl groups is 2. The van der Waals surface area contributed by atoms with Crippen LogP contribution < -0.4 is 10.1 Å². The first-order chi connectivity index (χ1) is 15.8. The minimum atomic E-state index is -0.948. The summed E-state index contributed by atoms with van der Waals surface area (Å²) in [6.45, 7) is 3.92. The average Bonchev–Trinajstić information content (AvgIpc) is 3.38. The van der Waals surface area contributed by atoms with Gasteiger partial charge in [0, 0.05) is 18.3 Å².